The van der Waals surface area contributed by atoms with Crippen molar-refractivity contribution in [3.8, 4) is 0 Å². The van der Waals surface area contributed by atoms with Crippen molar-refractivity contribution in [2.24, 2.45) is 0 Å². The molecule has 1 heterocycles. The van der Waals surface area contributed by atoms with Crippen molar-refractivity contribution in [3.05, 3.63) is 12.2 Å². The van der Waals surface area contributed by atoms with E-state index in [1.54, 1.807) is 0 Å². The first-order valence-electron chi connectivity index (χ1n) is 6.02. The van der Waals surface area contributed by atoms with Crippen LogP contribution in [0.15, 0.2) is 12.2 Å². The zero-order valence-electron chi connectivity index (χ0n) is 9.24. The Labute approximate surface area is 91.5 Å². The summed E-state index contributed by atoms with van der Waals surface area (Å²) >= 11 is 0. The molecule has 84 valence electrons. The Hall–Kier alpha value is -0.830. The molecule has 15 heavy (non-hydrogen) atoms. The fourth-order valence-corrected chi connectivity index (χ4v) is 2.34. The van der Waals surface area contributed by atoms with Gasteiger partial charge in [0.15, 0.2) is 0 Å². The highest BCUT2D eigenvalue weighted by molar-refractivity contribution is 5.78. The average molecular weight is 208 g/mol. The number of nitrogens with one attached hydrogen (secondary N) is 1. The predicted molar refractivity (Wildman–Crippen MR) is 60.6 cm³/mol. The summed E-state index contributed by atoms with van der Waals surface area (Å²) in [6, 6.07) is 0.592. The molecule has 0 atom stereocenters. The SMILES string of the molecule is O=C(CNC1CCCC1)N1CC=CCC1. The first-order valence-corrected chi connectivity index (χ1v) is 6.02. The molecule has 3 nitrogen and oxygen atoms in total. The predicted octanol–water partition coefficient (Wildman–Crippen LogP) is 1.31. The van der Waals surface area contributed by atoms with E-state index in [2.05, 4.69) is 17.5 Å². The van der Waals surface area contributed by atoms with Crippen LogP contribution in [0.25, 0.3) is 0 Å². The minimum atomic E-state index is 0.256. The van der Waals surface area contributed by atoms with E-state index < -0.39 is 0 Å². The summed E-state index contributed by atoms with van der Waals surface area (Å²) in [6.45, 7) is 2.21. The summed E-state index contributed by atoms with van der Waals surface area (Å²) < 4.78 is 0. The van der Waals surface area contributed by atoms with Gasteiger partial charge in [0.25, 0.3) is 0 Å². The van der Waals surface area contributed by atoms with Gasteiger partial charge in [0, 0.05) is 19.1 Å². The maximum Gasteiger partial charge on any atom is 0.236 e. The van der Waals surface area contributed by atoms with Crippen molar-refractivity contribution in [3.63, 3.8) is 0 Å². The smallest absolute Gasteiger partial charge is 0.236 e. The van der Waals surface area contributed by atoms with E-state index in [0.717, 1.165) is 19.5 Å². The number of rotatable bonds is 3. The molecule has 1 fully saturated rings. The van der Waals surface area contributed by atoms with Gasteiger partial charge in [-0.1, -0.05) is 25.0 Å². The monoisotopic (exact) mass is 208 g/mol. The molecule has 1 amide bonds. The summed E-state index contributed by atoms with van der Waals surface area (Å²) in [4.78, 5) is 13.7. The molecule has 1 saturated carbocycles. The second-order valence-corrected chi connectivity index (χ2v) is 4.46. The Kier molecular flexibility index (Phi) is 3.78. The van der Waals surface area contributed by atoms with Crippen LogP contribution in [0, 0.1) is 0 Å². The summed E-state index contributed by atoms with van der Waals surface area (Å²) in [5.41, 5.74) is 0. The van der Waals surface area contributed by atoms with Gasteiger partial charge >= 0.3 is 0 Å². The van der Waals surface area contributed by atoms with E-state index in [0.29, 0.717) is 12.6 Å². The highest BCUT2D eigenvalue weighted by Gasteiger charge is 2.18. The van der Waals surface area contributed by atoms with Crippen LogP contribution in [-0.4, -0.2) is 36.5 Å². The maximum atomic E-state index is 11.8. The van der Waals surface area contributed by atoms with Gasteiger partial charge in [-0.3, -0.25) is 4.79 Å². The molecular weight excluding hydrogens is 188 g/mol. The molecule has 0 aromatic heterocycles. The lowest BCUT2D eigenvalue weighted by molar-refractivity contribution is -0.130. The molecule has 0 saturated heterocycles. The molecule has 0 spiro atoms. The third kappa shape index (κ3) is 3.06. The molecule has 0 aromatic rings. The van der Waals surface area contributed by atoms with Crippen LogP contribution in [0.2, 0.25) is 0 Å². The van der Waals surface area contributed by atoms with Gasteiger partial charge in [-0.25, -0.2) is 0 Å². The van der Waals surface area contributed by atoms with Crippen molar-refractivity contribution in [1.29, 1.82) is 0 Å². The second kappa shape index (κ2) is 5.31. The summed E-state index contributed by atoms with van der Waals surface area (Å²) in [5, 5.41) is 3.36. The molecule has 2 aliphatic rings. The first kappa shape index (κ1) is 10.7. The van der Waals surface area contributed by atoms with Crippen molar-refractivity contribution in [2.75, 3.05) is 19.6 Å². The van der Waals surface area contributed by atoms with Crippen LogP contribution in [0.3, 0.4) is 0 Å². The Morgan fingerprint density at radius 2 is 2.13 bits per heavy atom. The third-order valence-corrected chi connectivity index (χ3v) is 3.31. The maximum absolute atomic E-state index is 11.8. The quantitative estimate of drug-likeness (QED) is 0.709. The molecule has 1 aliphatic heterocycles. The van der Waals surface area contributed by atoms with Crippen LogP contribution in [-0.2, 0) is 4.79 Å². The van der Waals surface area contributed by atoms with Crippen LogP contribution in [0.5, 0.6) is 0 Å². The number of nitrogens with zero attached hydrogens (tertiary/aromatic N) is 1. The lowest BCUT2D eigenvalue weighted by Gasteiger charge is -2.24. The summed E-state index contributed by atoms with van der Waals surface area (Å²) in [7, 11) is 0. The molecule has 3 heteroatoms. The van der Waals surface area contributed by atoms with Crippen molar-refractivity contribution in [1.82, 2.24) is 10.2 Å². The molecule has 0 aromatic carbocycles. The van der Waals surface area contributed by atoms with E-state index in [4.69, 9.17) is 0 Å². The van der Waals surface area contributed by atoms with E-state index in [-0.39, 0.29) is 5.91 Å². The van der Waals surface area contributed by atoms with Crippen LogP contribution >= 0.6 is 0 Å². The van der Waals surface area contributed by atoms with E-state index in [1.807, 2.05) is 4.90 Å². The standard InChI is InChI=1S/C12H20N2O/c15-12(14-8-4-1-5-9-14)10-13-11-6-2-3-7-11/h1,4,11,13H,2-3,5-10H2. The Balaban J connectivity index is 1.69. The van der Waals surface area contributed by atoms with E-state index >= 15 is 0 Å². The average Bonchev–Trinajstić information content (AvgIpc) is 2.80. The van der Waals surface area contributed by atoms with E-state index in [9.17, 15) is 4.79 Å². The molecular formula is C12H20N2O. The second-order valence-electron chi connectivity index (χ2n) is 4.46. The normalized spacial score (nSPS) is 22.3. The zero-order valence-corrected chi connectivity index (χ0v) is 9.24. The molecule has 0 unspecified atom stereocenters. The summed E-state index contributed by atoms with van der Waals surface area (Å²) in [5.74, 6) is 0.256. The molecule has 2 rings (SSSR count). The van der Waals surface area contributed by atoms with Crippen molar-refractivity contribution >= 4 is 5.91 Å². The minimum Gasteiger partial charge on any atom is -0.338 e. The summed E-state index contributed by atoms with van der Waals surface area (Å²) in [6.07, 6.45) is 10.4. The zero-order chi connectivity index (χ0) is 10.5. The number of amides is 1. The van der Waals surface area contributed by atoms with Gasteiger partial charge in [-0.05, 0) is 19.3 Å². The number of carbonyl (C=O) groups excluding carboxylic acids is 1. The minimum absolute atomic E-state index is 0.256. The van der Waals surface area contributed by atoms with Gasteiger partial charge in [-0.15, -0.1) is 0 Å². The van der Waals surface area contributed by atoms with Gasteiger partial charge in [0.05, 0.1) is 6.54 Å². The molecule has 0 bridgehead atoms. The largest absolute Gasteiger partial charge is 0.338 e. The van der Waals surface area contributed by atoms with Gasteiger partial charge in [0.2, 0.25) is 5.91 Å². The number of hydrogen-bond acceptors (Lipinski definition) is 2. The molecule has 1 aliphatic carbocycles. The lowest BCUT2D eigenvalue weighted by atomic mass is 10.2. The molecule has 1 N–H and O–H groups in total. The molecule has 0 radical (unpaired) electrons. The van der Waals surface area contributed by atoms with E-state index in [1.165, 1.54) is 25.7 Å². The highest BCUT2D eigenvalue weighted by Crippen LogP contribution is 2.17. The fraction of sp³-hybridized carbons (Fsp3) is 0.750. The van der Waals surface area contributed by atoms with Crippen LogP contribution in [0.1, 0.15) is 32.1 Å². The lowest BCUT2D eigenvalue weighted by Crippen LogP contribution is -2.42. The van der Waals surface area contributed by atoms with Crippen molar-refractivity contribution < 1.29 is 4.79 Å². The first-order chi connectivity index (χ1) is 7.36. The topological polar surface area (TPSA) is 32.3 Å². The van der Waals surface area contributed by atoms with Crippen LogP contribution in [0.4, 0.5) is 0 Å². The Bertz CT molecular complexity index is 244. The Morgan fingerprint density at radius 1 is 1.33 bits per heavy atom. The number of hydrogen-bond donors (Lipinski definition) is 1. The Morgan fingerprint density at radius 3 is 2.80 bits per heavy atom. The van der Waals surface area contributed by atoms with Crippen molar-refractivity contribution in [2.45, 2.75) is 38.1 Å². The van der Waals surface area contributed by atoms with Gasteiger partial charge in [-0.2, -0.15) is 0 Å². The number of carbonyl (C=O) groups is 1. The fourth-order valence-electron chi connectivity index (χ4n) is 2.34. The third-order valence-electron chi connectivity index (χ3n) is 3.31. The van der Waals surface area contributed by atoms with Gasteiger partial charge in [0.1, 0.15) is 0 Å². The van der Waals surface area contributed by atoms with Gasteiger partial charge < -0.3 is 10.2 Å². The van der Waals surface area contributed by atoms with Crippen LogP contribution < -0.4 is 5.32 Å². The highest BCUT2D eigenvalue weighted by atomic mass is 16.2.